The van der Waals surface area contributed by atoms with Crippen LogP contribution in [-0.4, -0.2) is 48.3 Å². The molecule has 1 heterocycles. The highest BCUT2D eigenvalue weighted by Crippen LogP contribution is 2.20. The smallest absolute Gasteiger partial charge is 0.0639 e. The number of hydrogen-bond donors (Lipinski definition) is 2. The fraction of sp³-hybridized carbons (Fsp3) is 0.571. The molecule has 0 amide bonds. The molecule has 4 nitrogen and oxygen atoms in total. The van der Waals surface area contributed by atoms with Crippen LogP contribution < -0.4 is 10.6 Å². The predicted octanol–water partition coefficient (Wildman–Crippen LogP) is 1.16. The monoisotopic (exact) mass is 249 g/mol. The van der Waals surface area contributed by atoms with Gasteiger partial charge in [0.15, 0.2) is 0 Å². The zero-order valence-electron chi connectivity index (χ0n) is 11.2. The molecule has 1 fully saturated rings. The Morgan fingerprint density at radius 1 is 1.33 bits per heavy atom. The Hall–Kier alpha value is -1.26. The van der Waals surface area contributed by atoms with Gasteiger partial charge in [0.2, 0.25) is 0 Å². The van der Waals surface area contributed by atoms with Crippen molar-refractivity contribution in [2.45, 2.75) is 26.0 Å². The van der Waals surface area contributed by atoms with Gasteiger partial charge in [0.25, 0.3) is 0 Å². The second-order valence-corrected chi connectivity index (χ2v) is 5.23. The number of piperazine rings is 1. The van der Waals surface area contributed by atoms with Crippen molar-refractivity contribution < 1.29 is 5.11 Å². The van der Waals surface area contributed by atoms with Crippen molar-refractivity contribution in [3.8, 4) is 0 Å². The lowest BCUT2D eigenvalue weighted by Gasteiger charge is -2.41. The Balaban J connectivity index is 1.97. The lowest BCUT2D eigenvalue weighted by Crippen LogP contribution is -2.53. The second-order valence-electron chi connectivity index (χ2n) is 5.23. The molecule has 0 spiro atoms. The van der Waals surface area contributed by atoms with Gasteiger partial charge < -0.3 is 15.7 Å². The molecule has 0 aliphatic carbocycles. The molecule has 1 aromatic carbocycles. The minimum Gasteiger partial charge on any atom is -0.399 e. The molecule has 3 N–H and O–H groups in total. The zero-order valence-corrected chi connectivity index (χ0v) is 11.2. The van der Waals surface area contributed by atoms with Crippen LogP contribution in [0.3, 0.4) is 0 Å². The number of rotatable bonds is 3. The number of nitrogens with two attached hydrogens (primary N) is 1. The van der Waals surface area contributed by atoms with Crippen molar-refractivity contribution in [2.75, 3.05) is 36.8 Å². The molecule has 2 rings (SSSR count). The van der Waals surface area contributed by atoms with E-state index in [1.54, 1.807) is 0 Å². The summed E-state index contributed by atoms with van der Waals surface area (Å²) in [5.41, 5.74) is 7.74. The number of hydrogen-bond acceptors (Lipinski definition) is 4. The van der Waals surface area contributed by atoms with E-state index in [2.05, 4.69) is 28.9 Å². The Kier molecular flexibility index (Phi) is 4.09. The molecular formula is C14H23N3O. The van der Waals surface area contributed by atoms with Gasteiger partial charge in [-0.05, 0) is 38.1 Å². The summed E-state index contributed by atoms with van der Waals surface area (Å²) >= 11 is 0. The Bertz CT molecular complexity index is 377. The maximum Gasteiger partial charge on any atom is 0.0639 e. The number of aliphatic hydroxyl groups excluding tert-OH is 1. The van der Waals surface area contributed by atoms with E-state index in [9.17, 15) is 5.11 Å². The Morgan fingerprint density at radius 3 is 2.56 bits per heavy atom. The largest absolute Gasteiger partial charge is 0.399 e. The summed E-state index contributed by atoms with van der Waals surface area (Å²) in [5.74, 6) is 0. The third kappa shape index (κ3) is 3.15. The van der Waals surface area contributed by atoms with E-state index in [0.29, 0.717) is 6.04 Å². The molecule has 1 aromatic rings. The van der Waals surface area contributed by atoms with Crippen LogP contribution >= 0.6 is 0 Å². The first kappa shape index (κ1) is 13.2. The number of benzene rings is 1. The molecule has 0 saturated carbocycles. The standard InChI is InChI=1S/C14H23N3O/c1-11-9-17(8-7-16(11)10-12(2)18)14-5-3-13(15)4-6-14/h3-6,11-12,18H,7-10,15H2,1-2H3. The number of β-amino-alcohol motifs (C(OH)–C–C–N with tert-alkyl or cyclic N) is 1. The highest BCUT2D eigenvalue weighted by atomic mass is 16.3. The third-order valence-corrected chi connectivity index (χ3v) is 3.52. The third-order valence-electron chi connectivity index (χ3n) is 3.52. The van der Waals surface area contributed by atoms with Gasteiger partial charge in [-0.1, -0.05) is 0 Å². The summed E-state index contributed by atoms with van der Waals surface area (Å²) in [6.45, 7) is 7.82. The second kappa shape index (κ2) is 5.59. The fourth-order valence-electron chi connectivity index (χ4n) is 2.53. The molecule has 100 valence electrons. The topological polar surface area (TPSA) is 52.7 Å². The van der Waals surface area contributed by atoms with Crippen LogP contribution in [0.15, 0.2) is 24.3 Å². The molecule has 1 aliphatic heterocycles. The minimum atomic E-state index is -0.254. The first-order valence-corrected chi connectivity index (χ1v) is 6.59. The number of anilines is 2. The first-order valence-electron chi connectivity index (χ1n) is 6.59. The normalized spacial score (nSPS) is 23.1. The van der Waals surface area contributed by atoms with Gasteiger partial charge in [0.1, 0.15) is 0 Å². The quantitative estimate of drug-likeness (QED) is 0.789. The lowest BCUT2D eigenvalue weighted by atomic mass is 10.1. The molecule has 1 saturated heterocycles. The molecule has 0 bridgehead atoms. The molecule has 4 heteroatoms. The average molecular weight is 249 g/mol. The van der Waals surface area contributed by atoms with E-state index < -0.39 is 0 Å². The van der Waals surface area contributed by atoms with Crippen molar-refractivity contribution in [1.82, 2.24) is 4.90 Å². The van der Waals surface area contributed by atoms with E-state index in [-0.39, 0.29) is 6.10 Å². The molecule has 2 unspecified atom stereocenters. The summed E-state index contributed by atoms with van der Waals surface area (Å²) in [5, 5.41) is 9.47. The Morgan fingerprint density at radius 2 is 2.00 bits per heavy atom. The van der Waals surface area contributed by atoms with Crippen LogP contribution in [0.1, 0.15) is 13.8 Å². The van der Waals surface area contributed by atoms with Gasteiger partial charge in [-0.15, -0.1) is 0 Å². The fourth-order valence-corrected chi connectivity index (χ4v) is 2.53. The van der Waals surface area contributed by atoms with Crippen LogP contribution in [-0.2, 0) is 0 Å². The van der Waals surface area contributed by atoms with Crippen LogP contribution in [0.2, 0.25) is 0 Å². The summed E-state index contributed by atoms with van der Waals surface area (Å²) in [6.07, 6.45) is -0.254. The van der Waals surface area contributed by atoms with Gasteiger partial charge in [-0.3, -0.25) is 4.90 Å². The van der Waals surface area contributed by atoms with E-state index >= 15 is 0 Å². The number of nitrogens with zero attached hydrogens (tertiary/aromatic N) is 2. The van der Waals surface area contributed by atoms with E-state index in [1.165, 1.54) is 5.69 Å². The van der Waals surface area contributed by atoms with Gasteiger partial charge in [-0.2, -0.15) is 0 Å². The average Bonchev–Trinajstić information content (AvgIpc) is 2.32. The highest BCUT2D eigenvalue weighted by Gasteiger charge is 2.24. The van der Waals surface area contributed by atoms with Crippen LogP contribution in [0, 0.1) is 0 Å². The summed E-state index contributed by atoms with van der Waals surface area (Å²) in [7, 11) is 0. The molecular weight excluding hydrogens is 226 g/mol. The van der Waals surface area contributed by atoms with Crippen molar-refractivity contribution in [3.63, 3.8) is 0 Å². The maximum absolute atomic E-state index is 9.47. The predicted molar refractivity (Wildman–Crippen MR) is 75.8 cm³/mol. The molecule has 2 atom stereocenters. The van der Waals surface area contributed by atoms with Crippen molar-refractivity contribution in [2.24, 2.45) is 0 Å². The maximum atomic E-state index is 9.47. The van der Waals surface area contributed by atoms with Crippen molar-refractivity contribution >= 4 is 11.4 Å². The first-order chi connectivity index (χ1) is 8.56. The van der Waals surface area contributed by atoms with Crippen LogP contribution in [0.25, 0.3) is 0 Å². The van der Waals surface area contributed by atoms with Crippen LogP contribution in [0.5, 0.6) is 0 Å². The lowest BCUT2D eigenvalue weighted by molar-refractivity contribution is 0.0960. The van der Waals surface area contributed by atoms with E-state index in [0.717, 1.165) is 31.9 Å². The Labute approximate surface area is 109 Å². The van der Waals surface area contributed by atoms with Gasteiger partial charge in [0.05, 0.1) is 6.10 Å². The SMILES string of the molecule is CC(O)CN1CCN(c2ccc(N)cc2)CC1C. The number of nitrogen functional groups attached to an aromatic ring is 1. The highest BCUT2D eigenvalue weighted by molar-refractivity contribution is 5.53. The minimum absolute atomic E-state index is 0.254. The van der Waals surface area contributed by atoms with Gasteiger partial charge in [-0.25, -0.2) is 0 Å². The molecule has 1 aliphatic rings. The van der Waals surface area contributed by atoms with Crippen molar-refractivity contribution in [1.29, 1.82) is 0 Å². The molecule has 18 heavy (non-hydrogen) atoms. The van der Waals surface area contributed by atoms with Crippen molar-refractivity contribution in [3.05, 3.63) is 24.3 Å². The summed E-state index contributed by atoms with van der Waals surface area (Å²) in [6, 6.07) is 8.51. The molecule has 0 aromatic heterocycles. The summed E-state index contributed by atoms with van der Waals surface area (Å²) < 4.78 is 0. The van der Waals surface area contributed by atoms with Gasteiger partial charge >= 0.3 is 0 Å². The van der Waals surface area contributed by atoms with Gasteiger partial charge in [0, 0.05) is 43.6 Å². The summed E-state index contributed by atoms with van der Waals surface area (Å²) in [4.78, 5) is 4.72. The van der Waals surface area contributed by atoms with E-state index in [4.69, 9.17) is 5.73 Å². The molecule has 0 radical (unpaired) electrons. The van der Waals surface area contributed by atoms with E-state index in [1.807, 2.05) is 19.1 Å². The van der Waals surface area contributed by atoms with Crippen LogP contribution in [0.4, 0.5) is 11.4 Å². The zero-order chi connectivity index (χ0) is 13.1. The number of aliphatic hydroxyl groups is 1.